The van der Waals surface area contributed by atoms with Crippen molar-refractivity contribution < 1.29 is 4.74 Å². The summed E-state index contributed by atoms with van der Waals surface area (Å²) >= 11 is 14.2. The van der Waals surface area contributed by atoms with Gasteiger partial charge in [-0.15, -0.1) is 11.8 Å². The molecule has 0 radical (unpaired) electrons. The van der Waals surface area contributed by atoms with Crippen LogP contribution in [0.4, 0.5) is 0 Å². The van der Waals surface area contributed by atoms with Gasteiger partial charge in [0.1, 0.15) is 11.5 Å². The smallest absolute Gasteiger partial charge is 0.128 e. The van der Waals surface area contributed by atoms with Gasteiger partial charge >= 0.3 is 0 Å². The summed E-state index contributed by atoms with van der Waals surface area (Å²) in [6, 6.07) is 21.4. The lowest BCUT2D eigenvalue weighted by molar-refractivity contribution is 0.483. The Morgan fingerprint density at radius 2 is 1.77 bits per heavy atom. The quantitative estimate of drug-likeness (QED) is 0.313. The van der Waals surface area contributed by atoms with Crippen LogP contribution in [0.15, 0.2) is 71.6 Å². The predicted molar refractivity (Wildman–Crippen MR) is 128 cm³/mol. The fourth-order valence-corrected chi connectivity index (χ4v) is 5.25. The van der Waals surface area contributed by atoms with Gasteiger partial charge in [0.15, 0.2) is 0 Å². The molecule has 0 saturated heterocycles. The zero-order valence-electron chi connectivity index (χ0n) is 15.9. The van der Waals surface area contributed by atoms with E-state index in [1.165, 1.54) is 10.5 Å². The highest BCUT2D eigenvalue weighted by Crippen LogP contribution is 2.40. The molecule has 3 aromatic carbocycles. The highest BCUT2D eigenvalue weighted by molar-refractivity contribution is 7.99. The molecule has 0 N–H and O–H groups in total. The molecule has 5 rings (SSSR count). The van der Waals surface area contributed by atoms with E-state index in [2.05, 4.69) is 6.07 Å². The number of fused-ring (bicyclic) bond motifs is 3. The standard InChI is InChI=1S/C25H17Cl2NOS/c26-17-8-6-16(22(27)14-17)7-10-23-20-12-13-30-25(20)21-15-19(9-11-24(21)28-23)29-18-4-2-1-3-5-18/h1-11,14-15H,12-13H2/b10-7+. The average Bonchev–Trinajstić information content (AvgIpc) is 3.24. The topological polar surface area (TPSA) is 22.1 Å². The monoisotopic (exact) mass is 449 g/mol. The summed E-state index contributed by atoms with van der Waals surface area (Å²) in [5.74, 6) is 2.71. The van der Waals surface area contributed by atoms with Crippen molar-refractivity contribution in [3.05, 3.63) is 93.6 Å². The van der Waals surface area contributed by atoms with Gasteiger partial charge in [0.05, 0.1) is 11.2 Å². The fourth-order valence-electron chi connectivity index (χ4n) is 3.56. The Labute approximate surface area is 189 Å². The van der Waals surface area contributed by atoms with Gasteiger partial charge in [-0.25, -0.2) is 4.98 Å². The number of aromatic nitrogens is 1. The third-order valence-corrected chi connectivity index (χ3v) is 6.72. The largest absolute Gasteiger partial charge is 0.457 e. The summed E-state index contributed by atoms with van der Waals surface area (Å²) in [7, 11) is 0. The normalized spacial score (nSPS) is 13.1. The van der Waals surface area contributed by atoms with Crippen LogP contribution in [0.5, 0.6) is 11.5 Å². The van der Waals surface area contributed by atoms with Crippen molar-refractivity contribution in [1.29, 1.82) is 0 Å². The van der Waals surface area contributed by atoms with Gasteiger partial charge in [-0.1, -0.05) is 53.5 Å². The molecule has 1 aromatic heterocycles. The molecule has 2 heterocycles. The van der Waals surface area contributed by atoms with Crippen molar-refractivity contribution in [2.24, 2.45) is 0 Å². The van der Waals surface area contributed by atoms with Gasteiger partial charge in [-0.3, -0.25) is 0 Å². The molecule has 5 heteroatoms. The molecule has 0 amide bonds. The minimum Gasteiger partial charge on any atom is -0.457 e. The zero-order valence-corrected chi connectivity index (χ0v) is 18.3. The SMILES string of the molecule is Clc1ccc(/C=C/c2nc3ccc(Oc4ccccc4)cc3c3c2CCS3)c(Cl)c1. The Kier molecular flexibility index (Phi) is 5.43. The average molecular weight is 450 g/mol. The molecule has 0 atom stereocenters. The minimum atomic E-state index is 0.631. The molecule has 0 fully saturated rings. The number of benzene rings is 3. The number of nitrogens with zero attached hydrogens (tertiary/aromatic N) is 1. The van der Waals surface area contributed by atoms with Gasteiger partial charge in [0.2, 0.25) is 0 Å². The Balaban J connectivity index is 1.53. The molecule has 1 aliphatic rings. The van der Waals surface area contributed by atoms with Crippen LogP contribution < -0.4 is 4.74 Å². The third kappa shape index (κ3) is 3.93. The summed E-state index contributed by atoms with van der Waals surface area (Å²) < 4.78 is 6.03. The Morgan fingerprint density at radius 3 is 2.60 bits per heavy atom. The third-order valence-electron chi connectivity index (χ3n) is 5.00. The highest BCUT2D eigenvalue weighted by Gasteiger charge is 2.20. The van der Waals surface area contributed by atoms with Gasteiger partial charge in [0.25, 0.3) is 0 Å². The molecule has 4 aromatic rings. The first-order valence-electron chi connectivity index (χ1n) is 9.63. The number of hydrogen-bond donors (Lipinski definition) is 0. The molecular formula is C25H17Cl2NOS. The van der Waals surface area contributed by atoms with E-state index in [4.69, 9.17) is 32.9 Å². The first-order chi connectivity index (χ1) is 14.7. The molecule has 0 aliphatic carbocycles. The van der Waals surface area contributed by atoms with Crippen LogP contribution in [0, 0.1) is 0 Å². The second kappa shape index (κ2) is 8.35. The van der Waals surface area contributed by atoms with Crippen LogP contribution in [0.2, 0.25) is 10.0 Å². The lowest BCUT2D eigenvalue weighted by Gasteiger charge is -2.11. The Bertz CT molecular complexity index is 1270. The summed E-state index contributed by atoms with van der Waals surface area (Å²) in [5.41, 5.74) is 4.16. The highest BCUT2D eigenvalue weighted by atomic mass is 35.5. The number of hydrogen-bond acceptors (Lipinski definition) is 3. The van der Waals surface area contributed by atoms with E-state index in [9.17, 15) is 0 Å². The number of pyridine rings is 1. The number of thioether (sulfide) groups is 1. The summed E-state index contributed by atoms with van der Waals surface area (Å²) in [6.07, 6.45) is 5.05. The second-order valence-corrected chi connectivity index (χ2v) is 8.95. The first kappa shape index (κ1) is 19.5. The number of ether oxygens (including phenoxy) is 1. The van der Waals surface area contributed by atoms with Gasteiger partial charge in [0, 0.05) is 26.1 Å². The van der Waals surface area contributed by atoms with Crippen molar-refractivity contribution in [2.45, 2.75) is 11.3 Å². The van der Waals surface area contributed by atoms with Gasteiger partial charge in [-0.2, -0.15) is 0 Å². The van der Waals surface area contributed by atoms with Gasteiger partial charge < -0.3 is 4.74 Å². The number of rotatable bonds is 4. The maximum atomic E-state index is 6.32. The molecule has 0 unspecified atom stereocenters. The van der Waals surface area contributed by atoms with E-state index in [-0.39, 0.29) is 0 Å². The van der Waals surface area contributed by atoms with E-state index < -0.39 is 0 Å². The van der Waals surface area contributed by atoms with Crippen LogP contribution in [0.1, 0.15) is 16.8 Å². The molecule has 1 aliphatic heterocycles. The van der Waals surface area contributed by atoms with Crippen LogP contribution >= 0.6 is 35.0 Å². The molecule has 30 heavy (non-hydrogen) atoms. The molecule has 148 valence electrons. The lowest BCUT2D eigenvalue weighted by atomic mass is 10.1. The Hall–Kier alpha value is -2.46. The van der Waals surface area contributed by atoms with Gasteiger partial charge in [-0.05, 0) is 66.1 Å². The van der Waals surface area contributed by atoms with Crippen molar-refractivity contribution in [2.75, 3.05) is 5.75 Å². The maximum absolute atomic E-state index is 6.32. The predicted octanol–water partition coefficient (Wildman–Crippen LogP) is 8.15. The summed E-state index contributed by atoms with van der Waals surface area (Å²) in [6.45, 7) is 0. The Morgan fingerprint density at radius 1 is 0.900 bits per heavy atom. The molecule has 2 nitrogen and oxygen atoms in total. The summed E-state index contributed by atoms with van der Waals surface area (Å²) in [5, 5.41) is 2.41. The lowest BCUT2D eigenvalue weighted by Crippen LogP contribution is -1.94. The van der Waals surface area contributed by atoms with Crippen molar-refractivity contribution in [3.8, 4) is 11.5 Å². The fraction of sp³-hybridized carbons (Fsp3) is 0.0800. The van der Waals surface area contributed by atoms with E-state index in [0.29, 0.717) is 10.0 Å². The minimum absolute atomic E-state index is 0.631. The van der Waals surface area contributed by atoms with Crippen molar-refractivity contribution in [1.82, 2.24) is 4.98 Å². The molecule has 0 saturated carbocycles. The van der Waals surface area contributed by atoms with Crippen LogP contribution in [0.25, 0.3) is 23.1 Å². The van der Waals surface area contributed by atoms with E-state index in [1.807, 2.05) is 78.5 Å². The second-order valence-electron chi connectivity index (χ2n) is 7.00. The molecule has 0 spiro atoms. The first-order valence-corrected chi connectivity index (χ1v) is 11.4. The van der Waals surface area contributed by atoms with E-state index in [0.717, 1.165) is 45.8 Å². The number of para-hydroxylation sites is 1. The van der Waals surface area contributed by atoms with Crippen LogP contribution in [0.3, 0.4) is 0 Å². The van der Waals surface area contributed by atoms with Crippen LogP contribution in [-0.4, -0.2) is 10.7 Å². The summed E-state index contributed by atoms with van der Waals surface area (Å²) in [4.78, 5) is 6.22. The number of halogens is 2. The molecular weight excluding hydrogens is 433 g/mol. The van der Waals surface area contributed by atoms with Crippen LogP contribution in [-0.2, 0) is 6.42 Å². The van der Waals surface area contributed by atoms with E-state index in [1.54, 1.807) is 6.07 Å². The van der Waals surface area contributed by atoms with Crippen molar-refractivity contribution in [3.63, 3.8) is 0 Å². The van der Waals surface area contributed by atoms with Crippen molar-refractivity contribution >= 4 is 58.0 Å². The molecule has 0 bridgehead atoms. The zero-order chi connectivity index (χ0) is 20.5. The maximum Gasteiger partial charge on any atom is 0.128 e. The van der Waals surface area contributed by atoms with E-state index >= 15 is 0 Å².